The Morgan fingerprint density at radius 1 is 1.06 bits per heavy atom. The maximum absolute atomic E-state index is 13.1. The normalized spacial score (nSPS) is 12.4. The Bertz CT molecular complexity index is 569. The number of hydrogen-bond donors (Lipinski definition) is 2. The van der Waals surface area contributed by atoms with Gasteiger partial charge in [-0.3, -0.25) is 0 Å². The largest absolute Gasteiger partial charge is 0.398 e. The Hall–Kier alpha value is -1.46. The molecule has 2 aromatic carbocycles. The maximum Gasteiger partial charge on any atom is 0.126 e. The predicted molar refractivity (Wildman–Crippen MR) is 69.0 cm³/mol. The van der Waals surface area contributed by atoms with E-state index in [1.807, 2.05) is 0 Å². The van der Waals surface area contributed by atoms with Crippen LogP contribution in [-0.4, -0.2) is 5.11 Å². The fraction of sp³-hybridized carbons (Fsp3) is 0.0769. The van der Waals surface area contributed by atoms with Gasteiger partial charge in [-0.05, 0) is 35.9 Å². The van der Waals surface area contributed by atoms with Gasteiger partial charge in [0.2, 0.25) is 0 Å². The highest BCUT2D eigenvalue weighted by atomic mass is 79.9. The van der Waals surface area contributed by atoms with Crippen molar-refractivity contribution in [1.82, 2.24) is 0 Å². The van der Waals surface area contributed by atoms with Crippen LogP contribution in [0.5, 0.6) is 0 Å². The summed E-state index contributed by atoms with van der Waals surface area (Å²) in [4.78, 5) is 0. The third-order valence-corrected chi connectivity index (χ3v) is 3.04. The molecule has 0 bridgehead atoms. The van der Waals surface area contributed by atoms with E-state index in [1.54, 1.807) is 18.2 Å². The van der Waals surface area contributed by atoms with Crippen LogP contribution < -0.4 is 5.73 Å². The molecule has 1 atom stereocenters. The molecule has 3 N–H and O–H groups in total. The standard InChI is InChI=1S/C13H10BrF2NO/c14-8-1-2-12(17)11(5-8)13(18)7-3-9(15)6-10(16)4-7/h1-6,13,18H,17H2. The van der Waals surface area contributed by atoms with Gasteiger partial charge < -0.3 is 10.8 Å². The van der Waals surface area contributed by atoms with Gasteiger partial charge in [0.05, 0.1) is 0 Å². The third-order valence-electron chi connectivity index (χ3n) is 2.54. The summed E-state index contributed by atoms with van der Waals surface area (Å²) in [6.07, 6.45) is -1.17. The monoisotopic (exact) mass is 313 g/mol. The molecule has 0 fully saturated rings. The molecule has 5 heteroatoms. The Kier molecular flexibility index (Phi) is 3.63. The Labute approximate surface area is 111 Å². The maximum atomic E-state index is 13.1. The van der Waals surface area contributed by atoms with Crippen LogP contribution in [0.25, 0.3) is 0 Å². The lowest BCUT2D eigenvalue weighted by molar-refractivity contribution is 0.220. The molecule has 0 aromatic heterocycles. The quantitative estimate of drug-likeness (QED) is 0.835. The first kappa shape index (κ1) is 13.0. The number of halogens is 3. The first-order valence-corrected chi connectivity index (χ1v) is 5.95. The number of anilines is 1. The zero-order chi connectivity index (χ0) is 13.3. The molecule has 0 aliphatic heterocycles. The van der Waals surface area contributed by atoms with Gasteiger partial charge in [-0.1, -0.05) is 15.9 Å². The van der Waals surface area contributed by atoms with Gasteiger partial charge >= 0.3 is 0 Å². The van der Waals surface area contributed by atoms with Crippen molar-refractivity contribution in [2.24, 2.45) is 0 Å². The molecule has 0 radical (unpaired) electrons. The molecule has 18 heavy (non-hydrogen) atoms. The van der Waals surface area contributed by atoms with Crippen molar-refractivity contribution in [1.29, 1.82) is 0 Å². The number of hydrogen-bond acceptors (Lipinski definition) is 2. The number of benzene rings is 2. The van der Waals surface area contributed by atoms with E-state index in [4.69, 9.17) is 5.73 Å². The molecule has 0 amide bonds. The topological polar surface area (TPSA) is 46.2 Å². The highest BCUT2D eigenvalue weighted by Gasteiger charge is 2.15. The number of nitrogens with two attached hydrogens (primary N) is 1. The molecule has 0 saturated heterocycles. The molecular formula is C13H10BrF2NO. The number of nitrogen functional groups attached to an aromatic ring is 1. The van der Waals surface area contributed by atoms with E-state index >= 15 is 0 Å². The number of aliphatic hydroxyl groups is 1. The van der Waals surface area contributed by atoms with Crippen molar-refractivity contribution in [3.05, 3.63) is 63.6 Å². The summed E-state index contributed by atoms with van der Waals surface area (Å²) in [6.45, 7) is 0. The van der Waals surface area contributed by atoms with Crippen LogP contribution in [0.2, 0.25) is 0 Å². The molecule has 94 valence electrons. The van der Waals surface area contributed by atoms with Crippen LogP contribution in [-0.2, 0) is 0 Å². The first-order valence-electron chi connectivity index (χ1n) is 5.16. The van der Waals surface area contributed by atoms with Gasteiger partial charge in [-0.2, -0.15) is 0 Å². The van der Waals surface area contributed by atoms with Crippen LogP contribution in [0.4, 0.5) is 14.5 Å². The first-order chi connectivity index (χ1) is 8.47. The minimum absolute atomic E-state index is 0.123. The highest BCUT2D eigenvalue weighted by Crippen LogP contribution is 2.29. The summed E-state index contributed by atoms with van der Waals surface area (Å²) in [5.41, 5.74) is 6.61. The lowest BCUT2D eigenvalue weighted by Crippen LogP contribution is -2.04. The van der Waals surface area contributed by atoms with E-state index in [2.05, 4.69) is 15.9 Å². The van der Waals surface area contributed by atoms with Crippen molar-refractivity contribution in [2.45, 2.75) is 6.10 Å². The van der Waals surface area contributed by atoms with Gasteiger partial charge in [-0.25, -0.2) is 8.78 Å². The van der Waals surface area contributed by atoms with E-state index in [9.17, 15) is 13.9 Å². The fourth-order valence-corrected chi connectivity index (χ4v) is 2.07. The Morgan fingerprint density at radius 3 is 2.28 bits per heavy atom. The van der Waals surface area contributed by atoms with E-state index in [0.717, 1.165) is 22.7 Å². The molecule has 2 nitrogen and oxygen atoms in total. The number of aliphatic hydroxyl groups excluding tert-OH is 1. The van der Waals surface area contributed by atoms with Crippen LogP contribution in [0.3, 0.4) is 0 Å². The van der Waals surface area contributed by atoms with E-state index in [1.165, 1.54) is 0 Å². The van der Waals surface area contributed by atoms with Gasteiger partial charge in [0.25, 0.3) is 0 Å². The molecule has 2 rings (SSSR count). The van der Waals surface area contributed by atoms with Crippen molar-refractivity contribution in [2.75, 3.05) is 5.73 Å². The summed E-state index contributed by atoms with van der Waals surface area (Å²) in [6, 6.07) is 7.85. The van der Waals surface area contributed by atoms with Crippen LogP contribution in [0.15, 0.2) is 40.9 Å². The zero-order valence-corrected chi connectivity index (χ0v) is 10.8. The minimum Gasteiger partial charge on any atom is -0.398 e. The van der Waals surface area contributed by atoms with Crippen LogP contribution in [0.1, 0.15) is 17.2 Å². The van der Waals surface area contributed by atoms with Gasteiger partial charge in [0.15, 0.2) is 0 Å². The van der Waals surface area contributed by atoms with Crippen molar-refractivity contribution in [3.63, 3.8) is 0 Å². The zero-order valence-electron chi connectivity index (χ0n) is 9.20. The second kappa shape index (κ2) is 5.04. The van der Waals surface area contributed by atoms with Crippen molar-refractivity contribution >= 4 is 21.6 Å². The van der Waals surface area contributed by atoms with Gasteiger partial charge in [0.1, 0.15) is 17.7 Å². The van der Waals surface area contributed by atoms with Gasteiger partial charge in [0, 0.05) is 21.8 Å². The molecule has 0 aliphatic rings. The van der Waals surface area contributed by atoms with E-state index in [0.29, 0.717) is 11.3 Å². The molecule has 2 aromatic rings. The summed E-state index contributed by atoms with van der Waals surface area (Å²) < 4.78 is 26.9. The second-order valence-corrected chi connectivity index (χ2v) is 4.79. The third kappa shape index (κ3) is 2.68. The average Bonchev–Trinajstić information content (AvgIpc) is 2.30. The molecule has 0 heterocycles. The van der Waals surface area contributed by atoms with Crippen molar-refractivity contribution in [3.8, 4) is 0 Å². The van der Waals surface area contributed by atoms with E-state index in [-0.39, 0.29) is 5.56 Å². The lowest BCUT2D eigenvalue weighted by Gasteiger charge is -2.14. The summed E-state index contributed by atoms with van der Waals surface area (Å²) >= 11 is 3.25. The minimum atomic E-state index is -1.17. The molecule has 0 spiro atoms. The van der Waals surface area contributed by atoms with Crippen LogP contribution >= 0.6 is 15.9 Å². The van der Waals surface area contributed by atoms with E-state index < -0.39 is 17.7 Å². The molecule has 0 aliphatic carbocycles. The number of rotatable bonds is 2. The summed E-state index contributed by atoms with van der Waals surface area (Å²) in [5, 5.41) is 10.1. The summed E-state index contributed by atoms with van der Waals surface area (Å²) in [7, 11) is 0. The molecular weight excluding hydrogens is 304 g/mol. The average molecular weight is 314 g/mol. The molecule has 1 unspecified atom stereocenters. The van der Waals surface area contributed by atoms with Gasteiger partial charge in [-0.15, -0.1) is 0 Å². The smallest absolute Gasteiger partial charge is 0.126 e. The van der Waals surface area contributed by atoms with Crippen molar-refractivity contribution < 1.29 is 13.9 Å². The lowest BCUT2D eigenvalue weighted by atomic mass is 10.00. The predicted octanol–water partition coefficient (Wildman–Crippen LogP) is 3.39. The molecule has 0 saturated carbocycles. The summed E-state index contributed by atoms with van der Waals surface area (Å²) in [5.74, 6) is -1.48. The van der Waals surface area contributed by atoms with Crippen LogP contribution in [0, 0.1) is 11.6 Å². The SMILES string of the molecule is Nc1ccc(Br)cc1C(O)c1cc(F)cc(F)c1. The fourth-order valence-electron chi connectivity index (χ4n) is 1.70. The Morgan fingerprint density at radius 2 is 1.67 bits per heavy atom. The second-order valence-electron chi connectivity index (χ2n) is 3.88. The highest BCUT2D eigenvalue weighted by molar-refractivity contribution is 9.10. The Balaban J connectivity index is 2.47.